The Bertz CT molecular complexity index is 2280. The lowest BCUT2D eigenvalue weighted by Crippen LogP contribution is -2.64. The van der Waals surface area contributed by atoms with Crippen molar-refractivity contribution in [2.24, 2.45) is 5.92 Å². The van der Waals surface area contributed by atoms with E-state index in [1.165, 1.54) is 19.3 Å². The fourth-order valence-corrected chi connectivity index (χ4v) is 10.2. The predicted octanol–water partition coefficient (Wildman–Crippen LogP) is 6.12. The molecule has 3 saturated heterocycles. The van der Waals surface area contributed by atoms with Crippen LogP contribution in [0.3, 0.4) is 0 Å². The zero-order chi connectivity index (χ0) is 40.8. The van der Waals surface area contributed by atoms with E-state index in [4.69, 9.17) is 9.72 Å². The van der Waals surface area contributed by atoms with Crippen molar-refractivity contribution in [3.63, 3.8) is 0 Å². The number of methoxy groups -OCH3 is 1. The molecule has 0 bridgehead atoms. The Morgan fingerprint density at radius 2 is 1.79 bits per heavy atom. The lowest BCUT2D eigenvalue weighted by atomic mass is 9.84. The molecule has 13 nitrogen and oxygen atoms in total. The Kier molecular flexibility index (Phi) is 11.0. The molecule has 3 aromatic heterocycles. The lowest BCUT2D eigenvalue weighted by Gasteiger charge is -2.53. The van der Waals surface area contributed by atoms with Gasteiger partial charge >= 0.3 is 6.18 Å². The summed E-state index contributed by atoms with van der Waals surface area (Å²) in [4.78, 5) is 35.5. The van der Waals surface area contributed by atoms with Gasteiger partial charge in [0.15, 0.2) is 9.84 Å². The Hall–Kier alpha value is -5.10. The van der Waals surface area contributed by atoms with Crippen molar-refractivity contribution >= 4 is 61.2 Å². The molecular formula is C39H45F4N9O4S. The number of alkyl halides is 4. The molecule has 3 aliphatic heterocycles. The first-order valence-electron chi connectivity index (χ1n) is 18.8. The van der Waals surface area contributed by atoms with E-state index >= 15 is 0 Å². The zero-order valence-electron chi connectivity index (χ0n) is 32.0. The third-order valence-electron chi connectivity index (χ3n) is 11.2. The number of nitrogens with zero attached hydrogens (tertiary/aromatic N) is 7. The number of carbonyl (C=O) groups excluding carboxylic acids is 1. The van der Waals surface area contributed by atoms with Crippen LogP contribution in [0.4, 0.5) is 52.2 Å². The Labute approximate surface area is 328 Å². The largest absolute Gasteiger partial charge is 0.433 e. The highest BCUT2D eigenvalue weighted by Crippen LogP contribution is 2.45. The van der Waals surface area contributed by atoms with E-state index in [0.717, 1.165) is 34.3 Å². The highest BCUT2D eigenvalue weighted by molar-refractivity contribution is 7.92. The molecule has 4 aromatic rings. The summed E-state index contributed by atoms with van der Waals surface area (Å²) in [6.45, 7) is 10.7. The average Bonchev–Trinajstić information content (AvgIpc) is 3.17. The Morgan fingerprint density at radius 3 is 2.47 bits per heavy atom. The normalized spacial score (nSPS) is 23.7. The summed E-state index contributed by atoms with van der Waals surface area (Å²) < 4.78 is 87.4. The van der Waals surface area contributed by atoms with Crippen LogP contribution in [0.2, 0.25) is 0 Å². The number of rotatable bonds is 10. The van der Waals surface area contributed by atoms with Crippen molar-refractivity contribution in [1.82, 2.24) is 19.9 Å². The first-order chi connectivity index (χ1) is 27.1. The van der Waals surface area contributed by atoms with Crippen molar-refractivity contribution in [3.05, 3.63) is 72.8 Å². The molecule has 0 radical (unpaired) electrons. The van der Waals surface area contributed by atoms with Crippen molar-refractivity contribution < 1.29 is 35.5 Å². The van der Waals surface area contributed by atoms with Crippen LogP contribution in [0.1, 0.15) is 44.4 Å². The van der Waals surface area contributed by atoms with Crippen LogP contribution in [-0.2, 0) is 25.5 Å². The second kappa shape index (κ2) is 15.7. The third kappa shape index (κ3) is 8.06. The van der Waals surface area contributed by atoms with E-state index in [2.05, 4.69) is 37.1 Å². The fraction of sp³-hybridized carbons (Fsp3) is 0.462. The summed E-state index contributed by atoms with van der Waals surface area (Å²) in [5, 5.41) is 6.96. The number of hydrogen-bond acceptors (Lipinski definition) is 12. The second-order valence-corrected chi connectivity index (χ2v) is 17.4. The number of carbonyl (C=O) groups is 1. The summed E-state index contributed by atoms with van der Waals surface area (Å²) in [5.41, 5.74) is 1.37. The predicted molar refractivity (Wildman–Crippen MR) is 212 cm³/mol. The molecule has 3 aliphatic rings. The number of aromatic nitrogens is 4. The first kappa shape index (κ1) is 40.1. The highest BCUT2D eigenvalue weighted by atomic mass is 32.2. The van der Waals surface area contributed by atoms with Crippen LogP contribution in [0.25, 0.3) is 10.8 Å². The van der Waals surface area contributed by atoms with Crippen LogP contribution in [-0.4, -0.2) is 103 Å². The summed E-state index contributed by atoms with van der Waals surface area (Å²) in [6.07, 6.45) is -0.197. The molecule has 5 atom stereocenters. The summed E-state index contributed by atoms with van der Waals surface area (Å²) >= 11 is 0. The van der Waals surface area contributed by atoms with E-state index in [-0.39, 0.29) is 49.0 Å². The van der Waals surface area contributed by atoms with E-state index in [1.807, 2.05) is 32.9 Å². The average molecular weight is 812 g/mol. The summed E-state index contributed by atoms with van der Waals surface area (Å²) in [7, 11) is -2.07. The minimum atomic E-state index is -4.63. The summed E-state index contributed by atoms with van der Waals surface area (Å²) in [6, 6.07) is 7.56. The molecule has 2 N–H and O–H groups in total. The molecule has 57 heavy (non-hydrogen) atoms. The van der Waals surface area contributed by atoms with Gasteiger partial charge in [-0.25, -0.2) is 22.8 Å². The maximum atomic E-state index is 14.7. The molecule has 304 valence electrons. The van der Waals surface area contributed by atoms with Crippen molar-refractivity contribution in [3.8, 4) is 0 Å². The van der Waals surface area contributed by atoms with Crippen LogP contribution in [0, 0.1) is 5.92 Å². The van der Waals surface area contributed by atoms with E-state index in [1.54, 1.807) is 28.3 Å². The topological polar surface area (TPSA) is 146 Å². The van der Waals surface area contributed by atoms with Crippen LogP contribution >= 0.6 is 0 Å². The number of piperidine rings is 1. The number of amides is 1. The monoisotopic (exact) mass is 811 g/mol. The molecule has 7 rings (SSSR count). The van der Waals surface area contributed by atoms with Crippen molar-refractivity contribution in [1.29, 1.82) is 0 Å². The minimum Gasteiger partial charge on any atom is -0.378 e. The van der Waals surface area contributed by atoms with Crippen LogP contribution in [0.5, 0.6) is 0 Å². The molecule has 0 saturated carbocycles. The van der Waals surface area contributed by atoms with Crippen LogP contribution < -0.4 is 25.3 Å². The highest BCUT2D eigenvalue weighted by Gasteiger charge is 2.49. The van der Waals surface area contributed by atoms with Gasteiger partial charge in [-0.3, -0.25) is 9.78 Å². The number of hydrogen-bond donors (Lipinski definition) is 2. The van der Waals surface area contributed by atoms with Gasteiger partial charge in [0.1, 0.15) is 23.5 Å². The number of ether oxygens (including phenoxy) is 1. The second-order valence-electron chi connectivity index (χ2n) is 15.0. The lowest BCUT2D eigenvalue weighted by molar-refractivity contribution is -0.141. The third-order valence-corrected chi connectivity index (χ3v) is 13.4. The maximum Gasteiger partial charge on any atom is 0.433 e. The molecule has 6 heterocycles. The quantitative estimate of drug-likeness (QED) is 0.141. The number of pyridine rings is 2. The molecular weight excluding hydrogens is 767 g/mol. The van der Waals surface area contributed by atoms with Gasteiger partial charge in [0.05, 0.1) is 23.7 Å². The van der Waals surface area contributed by atoms with Gasteiger partial charge in [-0.15, -0.1) is 0 Å². The number of benzene rings is 1. The Balaban J connectivity index is 1.19. The SMILES string of the molecule is C=CC(=O)Nc1cc(N2CC(C3CN(c4ccnc(C(F)(F)F)c4)CCS3(=O)=O)C2C)c2cnc(Nc3ccnc(N4CC[C@@H](OC)[C@@H](F)C4)n3)cc2c1C(C)C. The number of anilines is 6. The fourth-order valence-electron chi connectivity index (χ4n) is 8.17. The molecule has 0 spiro atoms. The standard InChI is InChI=1S/C39H45F4N9O4S/c1-6-36(53)47-29-17-30(52-19-27(23(52)4)32-21-50(13-14-57(32,54)55)24-7-10-44-33(15-24)39(41,42)43)26-18-46-35(16-25(26)37(29)22(2)3)48-34-8-11-45-38(49-34)51-12-9-31(56-5)28(40)20-51/h6-8,10-11,15-18,22-23,27-28,31-32H,1,9,12-14,19-21H2,2-5H3,(H,47,53)(H,45,46,48,49)/t23?,27?,28-,31+,32?/m0/s1. The molecule has 1 aromatic carbocycles. The first-order valence-corrected chi connectivity index (χ1v) is 20.5. The van der Waals surface area contributed by atoms with E-state index in [0.29, 0.717) is 42.8 Å². The van der Waals surface area contributed by atoms with Gasteiger partial charge in [0, 0.05) is 86.3 Å². The van der Waals surface area contributed by atoms with E-state index in [9.17, 15) is 30.8 Å². The number of nitrogens with one attached hydrogen (secondary N) is 2. The van der Waals surface area contributed by atoms with Gasteiger partial charge in [-0.05, 0) is 66.6 Å². The van der Waals surface area contributed by atoms with E-state index < -0.39 is 45.1 Å². The molecule has 18 heteroatoms. The van der Waals surface area contributed by atoms with Crippen molar-refractivity contribution in [2.75, 3.05) is 70.9 Å². The summed E-state index contributed by atoms with van der Waals surface area (Å²) in [5.74, 6) is 0.293. The number of halogens is 4. The molecule has 1 amide bonds. The van der Waals surface area contributed by atoms with Gasteiger partial charge < -0.3 is 30.1 Å². The Morgan fingerprint density at radius 1 is 1.02 bits per heavy atom. The van der Waals surface area contributed by atoms with Gasteiger partial charge in [0.2, 0.25) is 11.9 Å². The van der Waals surface area contributed by atoms with Crippen molar-refractivity contribution in [2.45, 2.75) is 62.9 Å². The number of sulfone groups is 1. The van der Waals surface area contributed by atoms with Gasteiger partial charge in [-0.1, -0.05) is 20.4 Å². The van der Waals surface area contributed by atoms with Gasteiger partial charge in [0.25, 0.3) is 0 Å². The van der Waals surface area contributed by atoms with Gasteiger partial charge in [-0.2, -0.15) is 18.2 Å². The molecule has 3 unspecified atom stereocenters. The molecule has 3 fully saturated rings. The molecule has 0 aliphatic carbocycles. The smallest absolute Gasteiger partial charge is 0.378 e. The number of fused-ring (bicyclic) bond motifs is 1. The van der Waals surface area contributed by atoms with Crippen LogP contribution in [0.15, 0.2) is 61.6 Å². The zero-order valence-corrected chi connectivity index (χ0v) is 32.8. The maximum absolute atomic E-state index is 14.7. The minimum absolute atomic E-state index is 0.0430.